The van der Waals surface area contributed by atoms with Crippen LogP contribution in [0.25, 0.3) is 0 Å². The standard InChI is InChI=1S/C18H14ClN3OS/c1-11-6-8-12(9-7-11)22-16(13-4-2-3-5-15(13)19)21-17(23)14(10-20)18(22)24/h2-9,16,24H,1H3,(H,21,23). The van der Waals surface area contributed by atoms with E-state index in [0.717, 1.165) is 16.8 Å². The van der Waals surface area contributed by atoms with E-state index in [9.17, 15) is 10.1 Å². The topological polar surface area (TPSA) is 56.1 Å². The molecule has 0 radical (unpaired) electrons. The third-order valence-electron chi connectivity index (χ3n) is 3.83. The van der Waals surface area contributed by atoms with E-state index >= 15 is 0 Å². The van der Waals surface area contributed by atoms with Gasteiger partial charge in [0.25, 0.3) is 5.91 Å². The number of hydrogen-bond acceptors (Lipinski definition) is 4. The van der Waals surface area contributed by atoms with Crippen LogP contribution in [0.5, 0.6) is 0 Å². The van der Waals surface area contributed by atoms with Gasteiger partial charge in [-0.05, 0) is 25.1 Å². The molecular formula is C18H14ClN3OS. The Balaban J connectivity index is 2.18. The second-order valence-electron chi connectivity index (χ2n) is 5.41. The van der Waals surface area contributed by atoms with Gasteiger partial charge >= 0.3 is 0 Å². The summed E-state index contributed by atoms with van der Waals surface area (Å²) in [6.07, 6.45) is -0.543. The number of anilines is 1. The number of amides is 1. The van der Waals surface area contributed by atoms with E-state index in [1.165, 1.54) is 0 Å². The molecule has 6 heteroatoms. The SMILES string of the molecule is Cc1ccc(N2C(S)=C(C#N)C(=O)NC2c2ccccc2Cl)cc1. The molecule has 1 atom stereocenters. The number of nitriles is 1. The van der Waals surface area contributed by atoms with Crippen LogP contribution in [0.4, 0.5) is 5.69 Å². The lowest BCUT2D eigenvalue weighted by Crippen LogP contribution is -2.46. The Hall–Kier alpha value is -2.42. The normalized spacial score (nSPS) is 17.5. The van der Waals surface area contributed by atoms with Crippen LogP contribution < -0.4 is 10.2 Å². The van der Waals surface area contributed by atoms with E-state index in [-0.39, 0.29) is 5.57 Å². The minimum atomic E-state index is -0.543. The Labute approximate surface area is 150 Å². The summed E-state index contributed by atoms with van der Waals surface area (Å²) in [6.45, 7) is 1.99. The van der Waals surface area contributed by atoms with E-state index in [2.05, 4.69) is 17.9 Å². The van der Waals surface area contributed by atoms with Gasteiger partial charge in [-0.15, -0.1) is 12.6 Å². The average molecular weight is 356 g/mol. The number of benzene rings is 2. The highest BCUT2D eigenvalue weighted by Crippen LogP contribution is 2.37. The molecule has 2 aromatic rings. The molecule has 120 valence electrons. The summed E-state index contributed by atoms with van der Waals surface area (Å²) in [4.78, 5) is 14.0. The van der Waals surface area contributed by atoms with Crippen molar-refractivity contribution in [3.05, 3.63) is 75.3 Å². The zero-order chi connectivity index (χ0) is 17.3. The fourth-order valence-electron chi connectivity index (χ4n) is 2.60. The number of hydrogen-bond donors (Lipinski definition) is 2. The van der Waals surface area contributed by atoms with Gasteiger partial charge in [-0.25, -0.2) is 0 Å². The molecule has 2 aromatic carbocycles. The highest BCUT2D eigenvalue weighted by Gasteiger charge is 2.34. The number of halogens is 1. The zero-order valence-electron chi connectivity index (χ0n) is 12.8. The van der Waals surface area contributed by atoms with Crippen LogP contribution in [0, 0.1) is 18.3 Å². The lowest BCUT2D eigenvalue weighted by Gasteiger charge is -2.38. The Morgan fingerprint density at radius 2 is 1.88 bits per heavy atom. The summed E-state index contributed by atoms with van der Waals surface area (Å²) in [5.74, 6) is -0.462. The Morgan fingerprint density at radius 1 is 1.21 bits per heavy atom. The molecule has 0 aromatic heterocycles. The first-order valence-corrected chi connectivity index (χ1v) is 8.10. The maximum absolute atomic E-state index is 12.3. The molecule has 0 aliphatic carbocycles. The number of nitrogens with zero attached hydrogens (tertiary/aromatic N) is 2. The Bertz CT molecular complexity index is 871. The van der Waals surface area contributed by atoms with Crippen molar-refractivity contribution in [3.63, 3.8) is 0 Å². The molecule has 1 heterocycles. The van der Waals surface area contributed by atoms with Crippen molar-refractivity contribution in [2.24, 2.45) is 0 Å². The number of rotatable bonds is 2. The molecule has 1 amide bonds. The summed E-state index contributed by atoms with van der Waals surface area (Å²) in [7, 11) is 0. The summed E-state index contributed by atoms with van der Waals surface area (Å²) < 4.78 is 0. The van der Waals surface area contributed by atoms with Gasteiger partial charge in [-0.3, -0.25) is 4.79 Å². The van der Waals surface area contributed by atoms with Gasteiger partial charge in [0.15, 0.2) is 0 Å². The molecule has 0 saturated heterocycles. The number of nitrogens with one attached hydrogen (secondary N) is 1. The van der Waals surface area contributed by atoms with Crippen LogP contribution in [0.3, 0.4) is 0 Å². The summed E-state index contributed by atoms with van der Waals surface area (Å²) in [6, 6.07) is 17.0. The molecular weight excluding hydrogens is 342 g/mol. The average Bonchev–Trinajstić information content (AvgIpc) is 2.56. The summed E-state index contributed by atoms with van der Waals surface area (Å²) in [5.41, 5.74) is 2.63. The molecule has 1 aliphatic heterocycles. The van der Waals surface area contributed by atoms with Crippen LogP contribution in [-0.2, 0) is 4.79 Å². The van der Waals surface area contributed by atoms with E-state index in [1.807, 2.05) is 55.5 Å². The van der Waals surface area contributed by atoms with Crippen LogP contribution in [0.2, 0.25) is 5.02 Å². The van der Waals surface area contributed by atoms with Gasteiger partial charge in [0, 0.05) is 16.3 Å². The van der Waals surface area contributed by atoms with Crippen LogP contribution in [-0.4, -0.2) is 5.91 Å². The fraction of sp³-hybridized carbons (Fsp3) is 0.111. The van der Waals surface area contributed by atoms with Crippen LogP contribution in [0.15, 0.2) is 59.1 Å². The second-order valence-corrected chi connectivity index (χ2v) is 6.24. The van der Waals surface area contributed by atoms with E-state index in [0.29, 0.717) is 10.1 Å². The molecule has 3 rings (SSSR count). The van der Waals surface area contributed by atoms with Crippen molar-refractivity contribution in [2.45, 2.75) is 13.1 Å². The van der Waals surface area contributed by atoms with E-state index < -0.39 is 12.1 Å². The first-order chi connectivity index (χ1) is 11.5. The Morgan fingerprint density at radius 3 is 2.50 bits per heavy atom. The van der Waals surface area contributed by atoms with Crippen molar-refractivity contribution < 1.29 is 4.79 Å². The quantitative estimate of drug-likeness (QED) is 0.802. The first-order valence-electron chi connectivity index (χ1n) is 7.27. The number of thiol groups is 1. The van der Waals surface area contributed by atoms with Gasteiger partial charge in [0.2, 0.25) is 0 Å². The van der Waals surface area contributed by atoms with Gasteiger partial charge in [-0.2, -0.15) is 5.26 Å². The van der Waals surface area contributed by atoms with Gasteiger partial charge in [0.05, 0.1) is 5.03 Å². The molecule has 1 aliphatic rings. The summed E-state index contributed by atoms with van der Waals surface area (Å²) in [5, 5.41) is 13.0. The van der Waals surface area contributed by atoms with Gasteiger partial charge in [-0.1, -0.05) is 47.5 Å². The monoisotopic (exact) mass is 355 g/mol. The van der Waals surface area contributed by atoms with E-state index in [4.69, 9.17) is 11.6 Å². The highest BCUT2D eigenvalue weighted by molar-refractivity contribution is 7.84. The van der Waals surface area contributed by atoms with E-state index in [1.54, 1.807) is 11.0 Å². The van der Waals surface area contributed by atoms with Gasteiger partial charge < -0.3 is 10.2 Å². The minimum absolute atomic E-state index is 0.0257. The minimum Gasteiger partial charge on any atom is -0.327 e. The molecule has 0 fully saturated rings. The predicted octanol–water partition coefficient (Wildman–Crippen LogP) is 3.95. The molecule has 0 bridgehead atoms. The second kappa shape index (κ2) is 6.60. The van der Waals surface area contributed by atoms with Gasteiger partial charge in [0.1, 0.15) is 17.8 Å². The molecule has 4 nitrogen and oxygen atoms in total. The first kappa shape index (κ1) is 16.4. The number of carbonyl (C=O) groups is 1. The maximum Gasteiger partial charge on any atom is 0.266 e. The lowest BCUT2D eigenvalue weighted by molar-refractivity contribution is -0.118. The predicted molar refractivity (Wildman–Crippen MR) is 97.6 cm³/mol. The Kier molecular flexibility index (Phi) is 4.52. The third kappa shape index (κ3) is 2.86. The molecule has 1 unspecified atom stereocenters. The van der Waals surface area contributed by atoms with Crippen molar-refractivity contribution in [3.8, 4) is 6.07 Å². The molecule has 0 spiro atoms. The highest BCUT2D eigenvalue weighted by atomic mass is 35.5. The van der Waals surface area contributed by atoms with Crippen molar-refractivity contribution in [1.29, 1.82) is 5.26 Å². The molecule has 24 heavy (non-hydrogen) atoms. The largest absolute Gasteiger partial charge is 0.327 e. The van der Waals surface area contributed by atoms with Crippen molar-refractivity contribution in [1.82, 2.24) is 5.32 Å². The van der Waals surface area contributed by atoms with Crippen molar-refractivity contribution in [2.75, 3.05) is 4.90 Å². The van der Waals surface area contributed by atoms with Crippen molar-refractivity contribution >= 4 is 35.8 Å². The smallest absolute Gasteiger partial charge is 0.266 e. The maximum atomic E-state index is 12.3. The number of aryl methyl sites for hydroxylation is 1. The fourth-order valence-corrected chi connectivity index (χ4v) is 3.22. The number of carbonyl (C=O) groups excluding carboxylic acids is 1. The lowest BCUT2D eigenvalue weighted by atomic mass is 10.1. The third-order valence-corrected chi connectivity index (χ3v) is 4.61. The van der Waals surface area contributed by atoms with Crippen LogP contribution >= 0.6 is 24.2 Å². The molecule has 1 N–H and O–H groups in total. The molecule has 0 saturated carbocycles. The zero-order valence-corrected chi connectivity index (χ0v) is 14.5. The summed E-state index contributed by atoms with van der Waals surface area (Å²) >= 11 is 10.8. The van der Waals surface area contributed by atoms with Crippen LogP contribution in [0.1, 0.15) is 17.3 Å².